The molecule has 0 radical (unpaired) electrons. The fraction of sp³-hybridized carbons (Fsp3) is 0.250. The van der Waals surface area contributed by atoms with Crippen molar-refractivity contribution in [2.75, 3.05) is 4.31 Å². The summed E-state index contributed by atoms with van der Waals surface area (Å²) < 4.78 is 112. The number of nitro groups is 2. The van der Waals surface area contributed by atoms with Crippen molar-refractivity contribution in [3.05, 3.63) is 96.5 Å². The zero-order valence-corrected chi connectivity index (χ0v) is 24.4. The van der Waals surface area contributed by atoms with Gasteiger partial charge < -0.3 is 0 Å². The molecule has 3 aromatic rings. The first-order valence-electron chi connectivity index (χ1n) is 11.7. The monoisotopic (exact) mass is 672 g/mol. The number of rotatable bonds is 9. The van der Waals surface area contributed by atoms with E-state index in [0.717, 1.165) is 0 Å². The lowest BCUT2D eigenvalue weighted by atomic mass is 10.1. The van der Waals surface area contributed by atoms with E-state index in [-0.39, 0.29) is 39.5 Å². The fourth-order valence-corrected chi connectivity index (χ4v) is 6.81. The predicted octanol–water partition coefficient (Wildman–Crippen LogP) is 8.30. The molecule has 0 aromatic heterocycles. The largest absolute Gasteiger partial charge is 0.418 e. The Morgan fingerprint density at radius 1 is 0.884 bits per heavy atom. The first kappa shape index (κ1) is 33.9. The van der Waals surface area contributed by atoms with E-state index in [1.54, 1.807) is 6.92 Å². The highest BCUT2D eigenvalue weighted by Gasteiger charge is 2.44. The van der Waals surface area contributed by atoms with Crippen molar-refractivity contribution in [1.82, 2.24) is 3.71 Å². The van der Waals surface area contributed by atoms with E-state index in [2.05, 4.69) is 0 Å². The van der Waals surface area contributed by atoms with Crippen LogP contribution in [0.15, 0.2) is 59.5 Å². The summed E-state index contributed by atoms with van der Waals surface area (Å²) in [4.78, 5) is 20.3. The topological polar surface area (TPSA) is 127 Å². The van der Waals surface area contributed by atoms with Gasteiger partial charge in [-0.2, -0.15) is 26.3 Å². The SMILES string of the molecule is Cc1ccc(S(=O)(=O)N(SN(c2cc(C(F)(F)F)ccc2Cl)c2c([N+](=O)[O-])cc([N+](=O)[O-])cc2C(F)(F)F)C(C)C)cc1. The fourth-order valence-electron chi connectivity index (χ4n) is 3.64. The van der Waals surface area contributed by atoms with Gasteiger partial charge in [-0.15, -0.1) is 3.71 Å². The molecule has 19 heteroatoms. The van der Waals surface area contributed by atoms with Crippen LogP contribution in [0.4, 0.5) is 49.1 Å². The minimum Gasteiger partial charge on any atom is -0.262 e. The van der Waals surface area contributed by atoms with Gasteiger partial charge in [0.2, 0.25) is 0 Å². The van der Waals surface area contributed by atoms with E-state index in [1.165, 1.54) is 38.1 Å². The van der Waals surface area contributed by atoms with E-state index in [0.29, 0.717) is 21.4 Å². The number of nitro benzene ring substituents is 2. The summed E-state index contributed by atoms with van der Waals surface area (Å²) in [6.45, 7) is 4.23. The van der Waals surface area contributed by atoms with Crippen molar-refractivity contribution in [2.24, 2.45) is 0 Å². The molecule has 232 valence electrons. The maximum absolute atomic E-state index is 14.4. The number of alkyl halides is 6. The van der Waals surface area contributed by atoms with Gasteiger partial charge in [0.25, 0.3) is 15.7 Å². The van der Waals surface area contributed by atoms with Crippen LogP contribution in [0.3, 0.4) is 0 Å². The Bertz CT molecular complexity index is 1670. The Morgan fingerprint density at radius 3 is 1.93 bits per heavy atom. The van der Waals surface area contributed by atoms with E-state index in [1.807, 2.05) is 0 Å². The number of hydrogen-bond acceptors (Lipinski definition) is 8. The third-order valence-electron chi connectivity index (χ3n) is 5.62. The first-order valence-corrected chi connectivity index (χ1v) is 14.2. The number of aryl methyl sites for hydroxylation is 1. The normalized spacial score (nSPS) is 12.6. The van der Waals surface area contributed by atoms with Gasteiger partial charge in [-0.1, -0.05) is 29.3 Å². The maximum atomic E-state index is 14.4. The number of anilines is 2. The molecule has 3 aromatic carbocycles. The average molecular weight is 673 g/mol. The van der Waals surface area contributed by atoms with E-state index >= 15 is 0 Å². The first-order chi connectivity index (χ1) is 19.7. The smallest absolute Gasteiger partial charge is 0.262 e. The standard InChI is InChI=1S/C24H19ClF6N4O6S2/c1-13(2)35(43(40,41)17-7-4-14(3)5-8-17)42-32(20-10-15(23(26,27)28)6-9-19(20)25)22-18(24(29,30)31)11-16(33(36)37)12-21(22)34(38)39/h4-13H,1-3H3. The Labute approximate surface area is 249 Å². The molecule has 0 heterocycles. The van der Waals surface area contributed by atoms with E-state index in [9.17, 15) is 55.0 Å². The van der Waals surface area contributed by atoms with Gasteiger partial charge in [-0.25, -0.2) is 8.42 Å². The molecular weight excluding hydrogens is 654 g/mol. The second kappa shape index (κ2) is 12.2. The zero-order chi connectivity index (χ0) is 32.7. The molecule has 0 spiro atoms. The van der Waals surface area contributed by atoms with Gasteiger partial charge in [0.05, 0.1) is 54.8 Å². The summed E-state index contributed by atoms with van der Waals surface area (Å²) in [5.74, 6) is 0. The highest BCUT2D eigenvalue weighted by molar-refractivity contribution is 8.09. The summed E-state index contributed by atoms with van der Waals surface area (Å²) in [6.07, 6.45) is -10.6. The van der Waals surface area contributed by atoms with Gasteiger partial charge in [0.1, 0.15) is 5.69 Å². The number of benzene rings is 3. The third-order valence-corrected chi connectivity index (χ3v) is 9.62. The Kier molecular flexibility index (Phi) is 9.60. The van der Waals surface area contributed by atoms with Crippen LogP contribution >= 0.6 is 23.7 Å². The lowest BCUT2D eigenvalue weighted by Crippen LogP contribution is -2.35. The molecule has 0 saturated heterocycles. The molecule has 0 unspecified atom stereocenters. The minimum absolute atomic E-state index is 0.0500. The van der Waals surface area contributed by atoms with Crippen molar-refractivity contribution in [1.29, 1.82) is 0 Å². The lowest BCUT2D eigenvalue weighted by molar-refractivity contribution is -0.394. The number of halogens is 7. The molecule has 0 fully saturated rings. The molecular formula is C24H19ClF6N4O6S2. The molecule has 0 aliphatic heterocycles. The second-order valence-corrected chi connectivity index (χ2v) is 12.5. The molecule has 3 rings (SSSR count). The van der Waals surface area contributed by atoms with Gasteiger partial charge in [0.15, 0.2) is 0 Å². The van der Waals surface area contributed by atoms with Crippen LogP contribution in [0, 0.1) is 27.2 Å². The van der Waals surface area contributed by atoms with Crippen molar-refractivity contribution >= 4 is 56.5 Å². The quantitative estimate of drug-likeness (QED) is 0.0961. The van der Waals surface area contributed by atoms with Crippen LogP contribution in [-0.2, 0) is 22.4 Å². The Balaban J connectivity index is 2.48. The highest BCUT2D eigenvalue weighted by Crippen LogP contribution is 2.52. The highest BCUT2D eigenvalue weighted by atomic mass is 35.5. The second-order valence-electron chi connectivity index (χ2n) is 9.08. The van der Waals surface area contributed by atoms with Gasteiger partial charge >= 0.3 is 18.0 Å². The van der Waals surface area contributed by atoms with Gasteiger partial charge in [-0.05, 0) is 51.1 Å². The Hall–Kier alpha value is -3.61. The molecule has 0 aliphatic rings. The summed E-state index contributed by atoms with van der Waals surface area (Å²) >= 11 is 6.01. The average Bonchev–Trinajstić information content (AvgIpc) is 2.87. The number of hydrogen-bond donors (Lipinski definition) is 0. The summed E-state index contributed by atoms with van der Waals surface area (Å²) in [5.41, 5.74) is -8.13. The van der Waals surface area contributed by atoms with Gasteiger partial charge in [-0.3, -0.25) is 24.5 Å². The van der Waals surface area contributed by atoms with Crippen LogP contribution in [0.25, 0.3) is 0 Å². The van der Waals surface area contributed by atoms with E-state index in [4.69, 9.17) is 11.6 Å². The van der Waals surface area contributed by atoms with Crippen LogP contribution < -0.4 is 4.31 Å². The van der Waals surface area contributed by atoms with Crippen LogP contribution in [-0.4, -0.2) is 28.0 Å². The number of nitrogens with zero attached hydrogens (tertiary/aromatic N) is 4. The van der Waals surface area contributed by atoms with Crippen LogP contribution in [0.1, 0.15) is 30.5 Å². The minimum atomic E-state index is -5.56. The molecule has 0 atom stereocenters. The summed E-state index contributed by atoms with van der Waals surface area (Å²) in [6, 6.07) is 5.63. The van der Waals surface area contributed by atoms with Crippen LogP contribution in [0.5, 0.6) is 0 Å². The van der Waals surface area contributed by atoms with Crippen molar-refractivity contribution in [3.8, 4) is 0 Å². The van der Waals surface area contributed by atoms with Crippen molar-refractivity contribution in [2.45, 2.75) is 44.1 Å². The van der Waals surface area contributed by atoms with Crippen molar-refractivity contribution < 1.29 is 44.6 Å². The summed E-state index contributed by atoms with van der Waals surface area (Å²) in [5, 5.41) is 22.7. The maximum Gasteiger partial charge on any atom is 0.418 e. The lowest BCUT2D eigenvalue weighted by Gasteiger charge is -2.33. The molecule has 43 heavy (non-hydrogen) atoms. The molecule has 0 amide bonds. The zero-order valence-electron chi connectivity index (χ0n) is 22.0. The molecule has 0 bridgehead atoms. The summed E-state index contributed by atoms with van der Waals surface area (Å²) in [7, 11) is -4.65. The predicted molar refractivity (Wildman–Crippen MR) is 146 cm³/mol. The molecule has 0 aliphatic carbocycles. The van der Waals surface area contributed by atoms with Crippen molar-refractivity contribution in [3.63, 3.8) is 0 Å². The molecule has 10 nitrogen and oxygen atoms in total. The van der Waals surface area contributed by atoms with E-state index < -0.39 is 77.2 Å². The van der Waals surface area contributed by atoms with Crippen LogP contribution in [0.2, 0.25) is 5.02 Å². The number of non-ortho nitro benzene ring substituents is 1. The Morgan fingerprint density at radius 2 is 1.47 bits per heavy atom. The number of sulfonamides is 1. The third kappa shape index (κ3) is 7.31. The molecule has 0 N–H and O–H groups in total. The van der Waals surface area contributed by atoms with Gasteiger partial charge in [0, 0.05) is 12.1 Å². The molecule has 0 saturated carbocycles.